The first-order chi connectivity index (χ1) is 14.7. The Labute approximate surface area is 191 Å². The quantitative estimate of drug-likeness (QED) is 0.434. The molecule has 0 radical (unpaired) electrons. The summed E-state index contributed by atoms with van der Waals surface area (Å²) in [5, 5.41) is 6.10. The highest BCUT2D eigenvalue weighted by Crippen LogP contribution is 2.21. The van der Waals surface area contributed by atoms with Crippen molar-refractivity contribution in [3.8, 4) is 11.8 Å². The van der Waals surface area contributed by atoms with Gasteiger partial charge in [-0.1, -0.05) is 26.2 Å². The summed E-state index contributed by atoms with van der Waals surface area (Å²) in [5.41, 5.74) is 5.77. The number of aromatic nitrogens is 2. The molecule has 2 rings (SSSR count). The molecule has 178 valence electrons. The number of nitrogens with zero attached hydrogens (tertiary/aromatic N) is 3. The smallest absolute Gasteiger partial charge is 0.410 e. The van der Waals surface area contributed by atoms with Crippen molar-refractivity contribution in [3.63, 3.8) is 0 Å². The average molecular weight is 447 g/mol. The molecule has 0 aromatic carbocycles. The van der Waals surface area contributed by atoms with Gasteiger partial charge in [0.2, 0.25) is 11.9 Å². The van der Waals surface area contributed by atoms with E-state index in [4.69, 9.17) is 10.5 Å². The molecular formula is C23H38N6O3. The van der Waals surface area contributed by atoms with Crippen LogP contribution < -0.4 is 16.4 Å². The zero-order valence-electron chi connectivity index (χ0n) is 19.0. The van der Waals surface area contributed by atoms with Crippen LogP contribution in [-0.4, -0.2) is 58.1 Å². The van der Waals surface area contributed by atoms with Crippen molar-refractivity contribution < 1.29 is 14.3 Å². The van der Waals surface area contributed by atoms with Crippen LogP contribution in [0.3, 0.4) is 0 Å². The summed E-state index contributed by atoms with van der Waals surface area (Å²) in [7, 11) is 0. The highest BCUT2D eigenvalue weighted by Gasteiger charge is 2.36. The molecule has 1 atom stereocenters. The lowest BCUT2D eigenvalue weighted by atomic mass is 10.2. The van der Waals surface area contributed by atoms with Crippen LogP contribution in [0.15, 0.2) is 6.20 Å². The third kappa shape index (κ3) is 8.61. The maximum Gasteiger partial charge on any atom is 0.410 e. The van der Waals surface area contributed by atoms with E-state index in [9.17, 15) is 9.59 Å². The van der Waals surface area contributed by atoms with E-state index < -0.39 is 17.7 Å². The van der Waals surface area contributed by atoms with Crippen LogP contribution in [0.4, 0.5) is 16.6 Å². The number of unbranched alkanes of at least 4 members (excludes halogenated alkanes) is 1. The highest BCUT2D eigenvalue weighted by atomic mass is 16.6. The number of ether oxygens (including phenoxy) is 1. The minimum Gasteiger partial charge on any atom is -0.444 e. The van der Waals surface area contributed by atoms with Gasteiger partial charge in [-0.25, -0.2) is 9.78 Å². The molecule has 9 heteroatoms. The van der Waals surface area contributed by atoms with E-state index in [-0.39, 0.29) is 19.3 Å². The second kappa shape index (κ2) is 12.7. The van der Waals surface area contributed by atoms with E-state index in [2.05, 4.69) is 39.4 Å². The second-order valence-electron chi connectivity index (χ2n) is 8.45. The van der Waals surface area contributed by atoms with Crippen LogP contribution in [0.25, 0.3) is 0 Å². The number of hydrogen-bond acceptors (Lipinski definition) is 7. The van der Waals surface area contributed by atoms with Gasteiger partial charge in [-0.3, -0.25) is 9.69 Å². The Morgan fingerprint density at radius 2 is 2.09 bits per heavy atom. The monoisotopic (exact) mass is 446 g/mol. The Morgan fingerprint density at radius 3 is 2.78 bits per heavy atom. The molecule has 4 N–H and O–H groups in total. The molecule has 1 unspecified atom stereocenters. The molecule has 1 aliphatic rings. The molecule has 32 heavy (non-hydrogen) atoms. The van der Waals surface area contributed by atoms with Crippen molar-refractivity contribution in [2.24, 2.45) is 0 Å². The first-order valence-electron chi connectivity index (χ1n) is 10.8. The number of nitrogen functional groups attached to an aromatic ring is 1. The van der Waals surface area contributed by atoms with Gasteiger partial charge in [-0.2, -0.15) is 4.98 Å². The van der Waals surface area contributed by atoms with E-state index in [1.165, 1.54) is 4.90 Å². The lowest BCUT2D eigenvalue weighted by Gasteiger charge is -2.28. The van der Waals surface area contributed by atoms with Crippen molar-refractivity contribution in [2.45, 2.75) is 78.9 Å². The molecule has 0 saturated carbocycles. The van der Waals surface area contributed by atoms with Gasteiger partial charge in [0.15, 0.2) is 0 Å². The number of nitrogens with one attached hydrogen (secondary N) is 2. The van der Waals surface area contributed by atoms with Gasteiger partial charge >= 0.3 is 6.09 Å². The van der Waals surface area contributed by atoms with Crippen LogP contribution in [0.2, 0.25) is 0 Å². The standard InChI is InChI=1S/C22H34N6O3.CH4/c1-5-12-24-18-16(15-26-20(23)27-18)10-7-6-8-13-25-19(29)17-11-9-14-28(17)21(30)31-22(2,3)4;/h15,17H,5-6,8-9,11-14H2,1-4H3,(H,25,29)(H3,23,24,26,27);1H4. The van der Waals surface area contributed by atoms with Crippen LogP contribution in [0.5, 0.6) is 0 Å². The minimum atomic E-state index is -0.583. The number of hydrogen-bond donors (Lipinski definition) is 3. The zero-order valence-corrected chi connectivity index (χ0v) is 19.0. The van der Waals surface area contributed by atoms with Gasteiger partial charge < -0.3 is 21.1 Å². The van der Waals surface area contributed by atoms with Crippen molar-refractivity contribution >= 4 is 23.8 Å². The molecule has 0 spiro atoms. The SMILES string of the molecule is C.CCCNc1nc(N)ncc1C#CCCCNC(=O)C1CCCN1C(=O)OC(C)(C)C. The van der Waals surface area contributed by atoms with Crippen molar-refractivity contribution in [1.29, 1.82) is 0 Å². The fraction of sp³-hybridized carbons (Fsp3) is 0.652. The summed E-state index contributed by atoms with van der Waals surface area (Å²) in [5.74, 6) is 6.85. The number of carbonyl (C=O) groups excluding carboxylic acids is 2. The first kappa shape index (κ1) is 27.0. The lowest BCUT2D eigenvalue weighted by Crippen LogP contribution is -2.47. The molecule has 9 nitrogen and oxygen atoms in total. The maximum absolute atomic E-state index is 12.5. The summed E-state index contributed by atoms with van der Waals surface area (Å²) in [6.07, 6.45) is 4.89. The average Bonchev–Trinajstić information content (AvgIpc) is 3.19. The van der Waals surface area contributed by atoms with Crippen LogP contribution in [-0.2, 0) is 9.53 Å². The molecule has 1 aromatic heterocycles. The number of nitrogens with two attached hydrogens (primary N) is 1. The molecule has 0 bridgehead atoms. The number of rotatable bonds is 7. The number of amides is 2. The molecule has 2 heterocycles. The molecule has 1 fully saturated rings. The Balaban J connectivity index is 0.00000512. The van der Waals surface area contributed by atoms with Gasteiger partial charge in [0.05, 0.1) is 11.8 Å². The topological polar surface area (TPSA) is 122 Å². The Kier molecular flexibility index (Phi) is 10.8. The second-order valence-corrected chi connectivity index (χ2v) is 8.45. The molecule has 1 aromatic rings. The molecule has 0 aliphatic carbocycles. The normalized spacial score (nSPS) is 15.2. The van der Waals surface area contributed by atoms with Gasteiger partial charge in [-0.05, 0) is 46.5 Å². The molecule has 1 saturated heterocycles. The van der Waals surface area contributed by atoms with Gasteiger partial charge in [0.25, 0.3) is 0 Å². The zero-order chi connectivity index (χ0) is 22.9. The molecule has 2 amide bonds. The van der Waals surface area contributed by atoms with Crippen LogP contribution in [0, 0.1) is 11.8 Å². The van der Waals surface area contributed by atoms with Gasteiger partial charge in [-0.15, -0.1) is 0 Å². The molecule has 1 aliphatic heterocycles. The van der Waals surface area contributed by atoms with E-state index >= 15 is 0 Å². The highest BCUT2D eigenvalue weighted by molar-refractivity contribution is 5.86. The number of carbonyl (C=O) groups is 2. The van der Waals surface area contributed by atoms with E-state index in [0.717, 1.165) is 19.4 Å². The summed E-state index contributed by atoms with van der Waals surface area (Å²) in [6, 6.07) is -0.472. The predicted molar refractivity (Wildman–Crippen MR) is 127 cm³/mol. The third-order valence-electron chi connectivity index (χ3n) is 4.53. The van der Waals surface area contributed by atoms with Crippen LogP contribution in [0.1, 0.15) is 72.8 Å². The Bertz CT molecular complexity index is 825. The number of anilines is 2. The Morgan fingerprint density at radius 1 is 1.34 bits per heavy atom. The largest absolute Gasteiger partial charge is 0.444 e. The maximum atomic E-state index is 12.5. The summed E-state index contributed by atoms with van der Waals surface area (Å²) < 4.78 is 5.41. The summed E-state index contributed by atoms with van der Waals surface area (Å²) in [4.78, 5) is 34.6. The predicted octanol–water partition coefficient (Wildman–Crippen LogP) is 3.16. The lowest BCUT2D eigenvalue weighted by molar-refractivity contribution is -0.125. The minimum absolute atomic E-state index is 0. The van der Waals surface area contributed by atoms with Gasteiger partial charge in [0.1, 0.15) is 17.5 Å². The third-order valence-corrected chi connectivity index (χ3v) is 4.53. The molecular weight excluding hydrogens is 408 g/mol. The Hall–Kier alpha value is -3.02. The van der Waals surface area contributed by atoms with E-state index in [0.29, 0.717) is 43.7 Å². The summed E-state index contributed by atoms with van der Waals surface area (Å²) >= 11 is 0. The van der Waals surface area contributed by atoms with Crippen molar-refractivity contribution in [2.75, 3.05) is 30.7 Å². The number of likely N-dealkylation sites (tertiary alicyclic amines) is 1. The van der Waals surface area contributed by atoms with E-state index in [1.54, 1.807) is 6.20 Å². The fourth-order valence-corrected chi connectivity index (χ4v) is 3.11. The van der Waals surface area contributed by atoms with Gasteiger partial charge in [0, 0.05) is 26.1 Å². The van der Waals surface area contributed by atoms with Crippen LogP contribution >= 0.6 is 0 Å². The summed E-state index contributed by atoms with van der Waals surface area (Å²) in [6.45, 7) is 9.32. The van der Waals surface area contributed by atoms with Crippen molar-refractivity contribution in [3.05, 3.63) is 11.8 Å². The van der Waals surface area contributed by atoms with E-state index in [1.807, 2.05) is 20.8 Å². The van der Waals surface area contributed by atoms with Crippen molar-refractivity contribution in [1.82, 2.24) is 20.2 Å². The first-order valence-corrected chi connectivity index (χ1v) is 10.8. The fourth-order valence-electron chi connectivity index (χ4n) is 3.11.